The van der Waals surface area contributed by atoms with Crippen molar-refractivity contribution >= 4 is 28.2 Å². The molecule has 0 aliphatic carbocycles. The first kappa shape index (κ1) is 19.3. The van der Waals surface area contributed by atoms with Gasteiger partial charge in [0.1, 0.15) is 5.69 Å². The largest absolute Gasteiger partial charge is 0.394 e. The Labute approximate surface area is 179 Å². The summed E-state index contributed by atoms with van der Waals surface area (Å²) in [7, 11) is 1.88. The van der Waals surface area contributed by atoms with Gasteiger partial charge in [-0.3, -0.25) is 14.2 Å². The van der Waals surface area contributed by atoms with Crippen molar-refractivity contribution in [2.45, 2.75) is 25.9 Å². The monoisotopic (exact) mass is 416 g/mol. The molecule has 3 N–H and O–H groups in total. The first-order valence-corrected chi connectivity index (χ1v) is 10.3. The second kappa shape index (κ2) is 7.55. The fourth-order valence-electron chi connectivity index (χ4n) is 4.20. The van der Waals surface area contributed by atoms with Crippen LogP contribution in [-0.2, 0) is 18.4 Å². The summed E-state index contributed by atoms with van der Waals surface area (Å²) in [5, 5.41) is 26.0. The van der Waals surface area contributed by atoms with Crippen LogP contribution >= 0.6 is 0 Å². The number of carbonyl (C=O) groups excluding carboxylic acids is 1. The van der Waals surface area contributed by atoms with E-state index in [9.17, 15) is 9.90 Å². The van der Waals surface area contributed by atoms with E-state index in [1.807, 2.05) is 43.0 Å². The van der Waals surface area contributed by atoms with E-state index >= 15 is 0 Å². The van der Waals surface area contributed by atoms with Crippen LogP contribution in [0.3, 0.4) is 0 Å². The van der Waals surface area contributed by atoms with Gasteiger partial charge < -0.3 is 15.7 Å². The standard InChI is InChI=1S/C23H24N6O2/c1-14-10-21(31)26-19-5-3-4-17(23(19)25-14)15-6-7-20-18(11-15)22(27-29(20)8-9-30)16-12-24-28(2)13-16/h3-7,11-14,25,30H,8-10H2,1-2H3,(H,26,31)/t14-/m1/s1. The van der Waals surface area contributed by atoms with Gasteiger partial charge in [0.25, 0.3) is 0 Å². The predicted molar refractivity (Wildman–Crippen MR) is 121 cm³/mol. The van der Waals surface area contributed by atoms with Gasteiger partial charge in [0.15, 0.2) is 0 Å². The number of aryl methyl sites for hydroxylation is 1. The molecule has 0 spiro atoms. The van der Waals surface area contributed by atoms with Crippen LogP contribution in [0.4, 0.5) is 11.4 Å². The zero-order chi connectivity index (χ0) is 21.5. The van der Waals surface area contributed by atoms with E-state index in [1.54, 1.807) is 10.9 Å². The summed E-state index contributed by atoms with van der Waals surface area (Å²) in [6.07, 6.45) is 4.16. The van der Waals surface area contributed by atoms with Crippen molar-refractivity contribution < 1.29 is 9.90 Å². The third-order valence-corrected chi connectivity index (χ3v) is 5.57. The number of aliphatic hydroxyl groups is 1. The zero-order valence-corrected chi connectivity index (χ0v) is 17.5. The molecule has 5 rings (SSSR count). The number of benzene rings is 2. The molecular formula is C23H24N6O2. The van der Waals surface area contributed by atoms with E-state index in [-0.39, 0.29) is 18.6 Å². The highest BCUT2D eigenvalue weighted by Gasteiger charge is 2.21. The molecule has 2 aromatic heterocycles. The number of rotatable bonds is 4. The number of nitrogens with zero attached hydrogens (tertiary/aromatic N) is 4. The van der Waals surface area contributed by atoms with Crippen LogP contribution in [0.1, 0.15) is 13.3 Å². The predicted octanol–water partition coefficient (Wildman–Crippen LogP) is 3.24. The summed E-state index contributed by atoms with van der Waals surface area (Å²) in [5.41, 5.74) is 6.45. The number of aromatic nitrogens is 4. The molecular weight excluding hydrogens is 392 g/mol. The molecule has 4 aromatic rings. The number of aliphatic hydroxyl groups excluding tert-OH is 1. The summed E-state index contributed by atoms with van der Waals surface area (Å²) in [6, 6.07) is 12.2. The third-order valence-electron chi connectivity index (χ3n) is 5.57. The van der Waals surface area contributed by atoms with Crippen LogP contribution < -0.4 is 10.6 Å². The number of hydrogen-bond acceptors (Lipinski definition) is 5. The molecule has 8 heteroatoms. The maximum atomic E-state index is 12.2. The topological polar surface area (TPSA) is 97.0 Å². The SMILES string of the molecule is C[C@@H]1CC(=O)Nc2cccc(-c3ccc4c(c3)c(-c3cnn(C)c3)nn4CCO)c2N1. The number of carbonyl (C=O) groups is 1. The number of hydrogen-bond donors (Lipinski definition) is 3. The lowest BCUT2D eigenvalue weighted by Gasteiger charge is -2.17. The molecule has 1 atom stereocenters. The lowest BCUT2D eigenvalue weighted by Crippen LogP contribution is -2.19. The summed E-state index contributed by atoms with van der Waals surface area (Å²) in [4.78, 5) is 12.2. The van der Waals surface area contributed by atoms with E-state index in [4.69, 9.17) is 5.10 Å². The number of anilines is 2. The van der Waals surface area contributed by atoms with Crippen LogP contribution in [0.5, 0.6) is 0 Å². The minimum atomic E-state index is 0.00972. The van der Waals surface area contributed by atoms with Crippen molar-refractivity contribution in [3.8, 4) is 22.4 Å². The molecule has 158 valence electrons. The maximum Gasteiger partial charge on any atom is 0.226 e. The van der Waals surface area contributed by atoms with Gasteiger partial charge in [-0.25, -0.2) is 0 Å². The fourth-order valence-corrected chi connectivity index (χ4v) is 4.20. The molecule has 1 amide bonds. The summed E-state index contributed by atoms with van der Waals surface area (Å²) < 4.78 is 3.58. The molecule has 0 radical (unpaired) electrons. The molecule has 3 heterocycles. The van der Waals surface area contributed by atoms with Gasteiger partial charge in [0.05, 0.1) is 36.2 Å². The molecule has 31 heavy (non-hydrogen) atoms. The minimum absolute atomic E-state index is 0.00972. The maximum absolute atomic E-state index is 12.2. The first-order chi connectivity index (χ1) is 15.0. The third kappa shape index (κ3) is 3.44. The molecule has 0 saturated carbocycles. The second-order valence-corrected chi connectivity index (χ2v) is 7.96. The fraction of sp³-hybridized carbons (Fsp3) is 0.261. The lowest BCUT2D eigenvalue weighted by atomic mass is 9.99. The average molecular weight is 416 g/mol. The van der Waals surface area contributed by atoms with Gasteiger partial charge in [-0.05, 0) is 30.7 Å². The van der Waals surface area contributed by atoms with E-state index in [1.165, 1.54) is 0 Å². The molecule has 1 aliphatic heterocycles. The van der Waals surface area contributed by atoms with Crippen LogP contribution in [0.15, 0.2) is 48.8 Å². The molecule has 0 bridgehead atoms. The van der Waals surface area contributed by atoms with Gasteiger partial charge in [0, 0.05) is 42.2 Å². The smallest absolute Gasteiger partial charge is 0.226 e. The number of para-hydroxylation sites is 1. The van der Waals surface area contributed by atoms with Crippen LogP contribution in [0, 0.1) is 0 Å². The van der Waals surface area contributed by atoms with E-state index in [0.29, 0.717) is 13.0 Å². The Morgan fingerprint density at radius 3 is 2.87 bits per heavy atom. The number of amides is 1. The van der Waals surface area contributed by atoms with Crippen molar-refractivity contribution in [2.75, 3.05) is 17.2 Å². The van der Waals surface area contributed by atoms with Crippen molar-refractivity contribution in [1.82, 2.24) is 19.6 Å². The van der Waals surface area contributed by atoms with Gasteiger partial charge in [-0.15, -0.1) is 0 Å². The summed E-state index contributed by atoms with van der Waals surface area (Å²) in [6.45, 7) is 2.44. The Kier molecular flexibility index (Phi) is 4.71. The molecule has 0 fully saturated rings. The van der Waals surface area contributed by atoms with Crippen molar-refractivity contribution in [2.24, 2.45) is 7.05 Å². The average Bonchev–Trinajstić information content (AvgIpc) is 3.28. The Hall–Kier alpha value is -3.65. The van der Waals surface area contributed by atoms with Crippen LogP contribution in [0.25, 0.3) is 33.3 Å². The highest BCUT2D eigenvalue weighted by Crippen LogP contribution is 2.39. The molecule has 8 nitrogen and oxygen atoms in total. The number of fused-ring (bicyclic) bond motifs is 2. The highest BCUT2D eigenvalue weighted by atomic mass is 16.3. The first-order valence-electron chi connectivity index (χ1n) is 10.3. The number of nitrogens with one attached hydrogen (secondary N) is 2. The van der Waals surface area contributed by atoms with Crippen LogP contribution in [-0.4, -0.2) is 43.2 Å². The van der Waals surface area contributed by atoms with E-state index in [2.05, 4.69) is 33.9 Å². The normalized spacial score (nSPS) is 16.0. The Morgan fingerprint density at radius 1 is 1.23 bits per heavy atom. The summed E-state index contributed by atoms with van der Waals surface area (Å²) >= 11 is 0. The quantitative estimate of drug-likeness (QED) is 0.475. The molecule has 0 saturated heterocycles. The lowest BCUT2D eigenvalue weighted by molar-refractivity contribution is -0.116. The van der Waals surface area contributed by atoms with E-state index < -0.39 is 0 Å². The van der Waals surface area contributed by atoms with Gasteiger partial charge in [-0.1, -0.05) is 18.2 Å². The van der Waals surface area contributed by atoms with Gasteiger partial charge >= 0.3 is 0 Å². The molecule has 0 unspecified atom stereocenters. The van der Waals surface area contributed by atoms with E-state index in [0.717, 1.165) is 44.7 Å². The van der Waals surface area contributed by atoms with Gasteiger partial charge in [0.2, 0.25) is 5.91 Å². The Bertz CT molecular complexity index is 1290. The minimum Gasteiger partial charge on any atom is -0.394 e. The Balaban J connectivity index is 1.69. The van der Waals surface area contributed by atoms with Crippen molar-refractivity contribution in [3.05, 3.63) is 48.8 Å². The zero-order valence-electron chi connectivity index (χ0n) is 17.5. The summed E-state index contributed by atoms with van der Waals surface area (Å²) in [5.74, 6) is 0.00972. The van der Waals surface area contributed by atoms with Crippen molar-refractivity contribution in [3.63, 3.8) is 0 Å². The van der Waals surface area contributed by atoms with Gasteiger partial charge in [-0.2, -0.15) is 10.2 Å². The molecule has 1 aliphatic rings. The Morgan fingerprint density at radius 2 is 2.10 bits per heavy atom. The van der Waals surface area contributed by atoms with Crippen molar-refractivity contribution in [1.29, 1.82) is 0 Å². The van der Waals surface area contributed by atoms with Crippen LogP contribution in [0.2, 0.25) is 0 Å². The molecule has 2 aromatic carbocycles. The highest BCUT2D eigenvalue weighted by molar-refractivity contribution is 6.02. The second-order valence-electron chi connectivity index (χ2n) is 7.96.